The number of nitrogens with zero attached hydrogens (tertiary/aromatic N) is 1. The van der Waals surface area contributed by atoms with Crippen LogP contribution in [0.2, 0.25) is 10.0 Å². The summed E-state index contributed by atoms with van der Waals surface area (Å²) < 4.78 is 11.8. The third kappa shape index (κ3) is 3.98. The monoisotopic (exact) mass is 472 g/mol. The van der Waals surface area contributed by atoms with Crippen molar-refractivity contribution >= 4 is 34.0 Å². The van der Waals surface area contributed by atoms with E-state index in [4.69, 9.17) is 38.4 Å². The molecule has 1 heterocycles. The highest BCUT2D eigenvalue weighted by Gasteiger charge is 2.31. The second-order valence-corrected chi connectivity index (χ2v) is 8.55. The average Bonchev–Trinajstić information content (AvgIpc) is 2.84. The van der Waals surface area contributed by atoms with Crippen molar-refractivity contribution in [2.75, 3.05) is 0 Å². The molecule has 4 nitrogen and oxygen atoms in total. The van der Waals surface area contributed by atoms with Crippen molar-refractivity contribution < 1.29 is 9.47 Å². The Hall–Kier alpha value is -3.65. The van der Waals surface area contributed by atoms with Gasteiger partial charge in [0.2, 0.25) is 5.88 Å². The molecule has 4 aromatic rings. The first-order valence-corrected chi connectivity index (χ1v) is 11.1. The number of nitrogens with two attached hydrogens (primary N) is 1. The van der Waals surface area contributed by atoms with E-state index < -0.39 is 0 Å². The van der Waals surface area contributed by atoms with E-state index in [0.29, 0.717) is 33.7 Å². The van der Waals surface area contributed by atoms with Gasteiger partial charge in [0.15, 0.2) is 0 Å². The van der Waals surface area contributed by atoms with Crippen molar-refractivity contribution in [1.82, 2.24) is 0 Å². The number of ether oxygens (including phenoxy) is 2. The predicted octanol–water partition coefficient (Wildman–Crippen LogP) is 6.94. The smallest absolute Gasteiger partial charge is 0.205 e. The normalized spacial score (nSPS) is 15.0. The van der Waals surface area contributed by atoms with Crippen molar-refractivity contribution in [3.63, 3.8) is 0 Å². The summed E-state index contributed by atoms with van der Waals surface area (Å²) in [6.07, 6.45) is 0. The molecule has 33 heavy (non-hydrogen) atoms. The van der Waals surface area contributed by atoms with Gasteiger partial charge in [-0.25, -0.2) is 0 Å². The summed E-state index contributed by atoms with van der Waals surface area (Å²) in [5.74, 6) is 1.19. The first kappa shape index (κ1) is 21.2. The van der Waals surface area contributed by atoms with Crippen molar-refractivity contribution in [3.05, 3.63) is 117 Å². The molecule has 1 atom stereocenters. The molecule has 1 aliphatic rings. The van der Waals surface area contributed by atoms with Crippen LogP contribution in [0, 0.1) is 11.3 Å². The number of allylic oxidation sites excluding steroid dienone is 1. The molecule has 1 aliphatic heterocycles. The number of benzene rings is 4. The van der Waals surface area contributed by atoms with Crippen LogP contribution in [0.3, 0.4) is 0 Å². The molecular formula is C27H18Cl2N2O2. The summed E-state index contributed by atoms with van der Waals surface area (Å²) in [6, 6.07) is 27.3. The van der Waals surface area contributed by atoms with Crippen molar-refractivity contribution in [2.45, 2.75) is 12.5 Å². The molecule has 0 saturated heterocycles. The van der Waals surface area contributed by atoms with Crippen LogP contribution in [0.5, 0.6) is 11.5 Å². The zero-order chi connectivity index (χ0) is 22.9. The summed E-state index contributed by atoms with van der Waals surface area (Å²) in [6.45, 7) is 0.360. The third-order valence-corrected chi connectivity index (χ3v) is 6.45. The quantitative estimate of drug-likeness (QED) is 0.349. The Kier molecular flexibility index (Phi) is 5.60. The van der Waals surface area contributed by atoms with Gasteiger partial charge < -0.3 is 15.2 Å². The molecule has 1 unspecified atom stereocenters. The van der Waals surface area contributed by atoms with Crippen molar-refractivity contribution in [2.24, 2.45) is 5.73 Å². The second kappa shape index (κ2) is 8.71. The van der Waals surface area contributed by atoms with Crippen LogP contribution in [-0.2, 0) is 6.61 Å². The van der Waals surface area contributed by atoms with Crippen LogP contribution >= 0.6 is 23.2 Å². The van der Waals surface area contributed by atoms with Gasteiger partial charge in [0, 0.05) is 10.9 Å². The van der Waals surface area contributed by atoms with Crippen molar-refractivity contribution in [1.29, 1.82) is 5.26 Å². The van der Waals surface area contributed by atoms with Gasteiger partial charge in [0.1, 0.15) is 29.7 Å². The highest BCUT2D eigenvalue weighted by molar-refractivity contribution is 6.42. The molecule has 0 aliphatic carbocycles. The fourth-order valence-electron chi connectivity index (χ4n) is 4.08. The molecule has 5 rings (SSSR count). The van der Waals surface area contributed by atoms with E-state index in [-0.39, 0.29) is 11.8 Å². The van der Waals surface area contributed by atoms with Gasteiger partial charge in [0.25, 0.3) is 0 Å². The van der Waals surface area contributed by atoms with Gasteiger partial charge in [0.05, 0.1) is 16.0 Å². The maximum Gasteiger partial charge on any atom is 0.205 e. The summed E-state index contributed by atoms with van der Waals surface area (Å²) in [5, 5.41) is 12.8. The molecule has 0 amide bonds. The van der Waals surface area contributed by atoms with E-state index >= 15 is 0 Å². The van der Waals surface area contributed by atoms with Gasteiger partial charge in [-0.3, -0.25) is 0 Å². The molecule has 6 heteroatoms. The summed E-state index contributed by atoms with van der Waals surface area (Å²) >= 11 is 12.1. The lowest BCUT2D eigenvalue weighted by molar-refractivity contribution is 0.306. The van der Waals surface area contributed by atoms with E-state index in [0.717, 1.165) is 27.5 Å². The zero-order valence-electron chi connectivity index (χ0n) is 17.4. The molecular weight excluding hydrogens is 455 g/mol. The summed E-state index contributed by atoms with van der Waals surface area (Å²) in [5.41, 5.74) is 9.32. The molecule has 2 N–H and O–H groups in total. The Labute approximate surface area is 201 Å². The Bertz CT molecular complexity index is 1440. The Balaban J connectivity index is 1.46. The van der Waals surface area contributed by atoms with E-state index in [1.54, 1.807) is 12.1 Å². The molecule has 4 aromatic carbocycles. The standard InChI is InChI=1S/C27H18Cl2N2O2/c28-23-12-5-16(13-24(23)29)15-32-19-9-6-18(7-10-19)25-21-11-8-17-3-1-2-4-20(17)26(21)33-27(31)22(25)14-30/h1-13,25H,15,31H2. The molecule has 162 valence electrons. The summed E-state index contributed by atoms with van der Waals surface area (Å²) in [4.78, 5) is 0. The lowest BCUT2D eigenvalue weighted by atomic mass is 9.82. The molecule has 0 radical (unpaired) electrons. The highest BCUT2D eigenvalue weighted by atomic mass is 35.5. The van der Waals surface area contributed by atoms with Crippen LogP contribution in [0.25, 0.3) is 10.8 Å². The molecule has 0 saturated carbocycles. The first-order chi connectivity index (χ1) is 16.0. The van der Waals surface area contributed by atoms with Crippen LogP contribution in [0.1, 0.15) is 22.6 Å². The number of halogens is 2. The topological polar surface area (TPSA) is 68.3 Å². The third-order valence-electron chi connectivity index (χ3n) is 5.71. The number of nitriles is 1. The van der Waals surface area contributed by atoms with E-state index in [2.05, 4.69) is 6.07 Å². The van der Waals surface area contributed by atoms with E-state index in [1.807, 2.05) is 66.7 Å². The van der Waals surface area contributed by atoms with Crippen LogP contribution < -0.4 is 15.2 Å². The van der Waals surface area contributed by atoms with Crippen LogP contribution in [0.15, 0.2) is 90.3 Å². The lowest BCUT2D eigenvalue weighted by Crippen LogP contribution is -2.21. The van der Waals surface area contributed by atoms with Gasteiger partial charge in [-0.1, -0.05) is 77.8 Å². The molecule has 0 aromatic heterocycles. The number of rotatable bonds is 4. The highest BCUT2D eigenvalue weighted by Crippen LogP contribution is 2.45. The zero-order valence-corrected chi connectivity index (χ0v) is 18.9. The predicted molar refractivity (Wildman–Crippen MR) is 130 cm³/mol. The number of hydrogen-bond donors (Lipinski definition) is 1. The SMILES string of the molecule is N#CC1=C(N)Oc2c(ccc3ccccc23)C1c1ccc(OCc2ccc(Cl)c(Cl)c2)cc1. The van der Waals surface area contributed by atoms with Gasteiger partial charge in [-0.2, -0.15) is 5.26 Å². The summed E-state index contributed by atoms with van der Waals surface area (Å²) in [7, 11) is 0. The van der Waals surface area contributed by atoms with Gasteiger partial charge in [-0.05, 0) is 40.8 Å². The van der Waals surface area contributed by atoms with Crippen LogP contribution in [0.4, 0.5) is 0 Å². The molecule has 0 fully saturated rings. The van der Waals surface area contributed by atoms with Crippen LogP contribution in [-0.4, -0.2) is 0 Å². The van der Waals surface area contributed by atoms with E-state index in [9.17, 15) is 5.26 Å². The van der Waals surface area contributed by atoms with Gasteiger partial charge in [-0.15, -0.1) is 0 Å². The van der Waals surface area contributed by atoms with Gasteiger partial charge >= 0.3 is 0 Å². The molecule has 0 spiro atoms. The molecule has 0 bridgehead atoms. The Morgan fingerprint density at radius 3 is 2.48 bits per heavy atom. The largest absolute Gasteiger partial charge is 0.489 e. The fourth-order valence-corrected chi connectivity index (χ4v) is 4.40. The minimum atomic E-state index is -0.326. The number of hydrogen-bond acceptors (Lipinski definition) is 4. The Morgan fingerprint density at radius 2 is 1.73 bits per heavy atom. The average molecular weight is 473 g/mol. The number of fused-ring (bicyclic) bond motifs is 3. The first-order valence-electron chi connectivity index (χ1n) is 10.3. The lowest BCUT2D eigenvalue weighted by Gasteiger charge is -2.27. The fraction of sp³-hybridized carbons (Fsp3) is 0.0741. The Morgan fingerprint density at radius 1 is 0.939 bits per heavy atom. The second-order valence-electron chi connectivity index (χ2n) is 7.74. The maximum atomic E-state index is 9.83. The van der Waals surface area contributed by atoms with Crippen molar-refractivity contribution in [3.8, 4) is 17.6 Å². The maximum absolute atomic E-state index is 9.83. The minimum Gasteiger partial charge on any atom is -0.489 e. The van der Waals surface area contributed by atoms with E-state index in [1.165, 1.54) is 0 Å². The minimum absolute atomic E-state index is 0.131.